The van der Waals surface area contributed by atoms with E-state index in [9.17, 15) is 9.90 Å². The van der Waals surface area contributed by atoms with Gasteiger partial charge in [-0.1, -0.05) is 71.3 Å². The zero-order valence-electron chi connectivity index (χ0n) is 20.9. The predicted octanol–water partition coefficient (Wildman–Crippen LogP) is 7.26. The van der Waals surface area contributed by atoms with E-state index in [0.717, 1.165) is 16.7 Å². The summed E-state index contributed by atoms with van der Waals surface area (Å²) in [7, 11) is 1.25. The maximum Gasteiger partial charge on any atom is 0.513 e. The Bertz CT molecular complexity index is 1170. The number of hydrogen-bond donors (Lipinski definition) is 1. The molecule has 34 heavy (non-hydrogen) atoms. The molecule has 0 fully saturated rings. The standard InChI is InChI=1S/C27H32ClNO5/c1-15-23(29-14-33-15)22(18-10-9-17(28)13-21(18)34-25(31)32-8)16-11-19(26(2,3)4)24(30)20(12-16)27(5,6)7/h9-14,22,30H,1-8H3. The summed E-state index contributed by atoms with van der Waals surface area (Å²) < 4.78 is 15.8. The lowest BCUT2D eigenvalue weighted by molar-refractivity contribution is 0.121. The van der Waals surface area contributed by atoms with E-state index in [1.807, 2.05) is 19.1 Å². The van der Waals surface area contributed by atoms with Crippen molar-refractivity contribution >= 4 is 17.8 Å². The van der Waals surface area contributed by atoms with Crippen molar-refractivity contribution in [3.63, 3.8) is 0 Å². The summed E-state index contributed by atoms with van der Waals surface area (Å²) in [5.74, 6) is 0.709. The first-order chi connectivity index (χ1) is 15.7. The van der Waals surface area contributed by atoms with Crippen molar-refractivity contribution in [1.82, 2.24) is 4.98 Å². The Hall–Kier alpha value is -2.99. The van der Waals surface area contributed by atoms with Crippen LogP contribution in [-0.4, -0.2) is 23.4 Å². The van der Waals surface area contributed by atoms with E-state index < -0.39 is 12.1 Å². The lowest BCUT2D eigenvalue weighted by atomic mass is 9.75. The number of halogens is 1. The predicted molar refractivity (Wildman–Crippen MR) is 132 cm³/mol. The van der Waals surface area contributed by atoms with Gasteiger partial charge in [0, 0.05) is 10.6 Å². The summed E-state index contributed by atoms with van der Waals surface area (Å²) in [6, 6.07) is 9.09. The van der Waals surface area contributed by atoms with Gasteiger partial charge in [-0.3, -0.25) is 0 Å². The molecule has 7 heteroatoms. The van der Waals surface area contributed by atoms with Crippen molar-refractivity contribution in [3.05, 3.63) is 75.5 Å². The van der Waals surface area contributed by atoms with Gasteiger partial charge in [-0.2, -0.15) is 0 Å². The zero-order valence-corrected chi connectivity index (χ0v) is 21.7. The molecule has 0 saturated heterocycles. The molecule has 182 valence electrons. The van der Waals surface area contributed by atoms with Gasteiger partial charge < -0.3 is 19.0 Å². The second-order valence-corrected chi connectivity index (χ2v) is 10.9. The molecular formula is C27H32ClNO5. The molecule has 0 aliphatic rings. The Kier molecular flexibility index (Phi) is 7.04. The van der Waals surface area contributed by atoms with Crippen molar-refractivity contribution in [2.24, 2.45) is 0 Å². The summed E-state index contributed by atoms with van der Waals surface area (Å²) in [5.41, 5.74) is 3.18. The fraction of sp³-hybridized carbons (Fsp3) is 0.407. The first kappa shape index (κ1) is 25.6. The number of phenols is 1. The van der Waals surface area contributed by atoms with Crippen molar-refractivity contribution in [3.8, 4) is 11.5 Å². The zero-order chi connectivity index (χ0) is 25.4. The number of carbonyl (C=O) groups is 1. The minimum Gasteiger partial charge on any atom is -0.507 e. The average molecular weight is 486 g/mol. The number of aryl methyl sites for hydroxylation is 1. The van der Waals surface area contributed by atoms with Crippen LogP contribution in [0.15, 0.2) is 41.1 Å². The Morgan fingerprint density at radius 1 is 1.06 bits per heavy atom. The molecule has 1 unspecified atom stereocenters. The molecule has 3 aromatic rings. The molecule has 2 aromatic carbocycles. The third-order valence-electron chi connectivity index (χ3n) is 5.78. The largest absolute Gasteiger partial charge is 0.513 e. The summed E-state index contributed by atoms with van der Waals surface area (Å²) >= 11 is 6.24. The van der Waals surface area contributed by atoms with Crippen LogP contribution in [0.4, 0.5) is 4.79 Å². The number of phenolic OH excluding ortho intramolecular Hbond substituents is 1. The third kappa shape index (κ3) is 5.22. The number of carbonyl (C=O) groups excluding carboxylic acids is 1. The van der Waals surface area contributed by atoms with Crippen molar-refractivity contribution in [1.29, 1.82) is 0 Å². The van der Waals surface area contributed by atoms with E-state index in [1.54, 1.807) is 18.2 Å². The Labute approximate surface area is 205 Å². The summed E-state index contributed by atoms with van der Waals surface area (Å²) in [6.45, 7) is 14.2. The van der Waals surface area contributed by atoms with Crippen LogP contribution in [0.1, 0.15) is 81.2 Å². The fourth-order valence-electron chi connectivity index (χ4n) is 4.01. The summed E-state index contributed by atoms with van der Waals surface area (Å²) in [6.07, 6.45) is 0.542. The minimum atomic E-state index is -0.851. The molecule has 1 N–H and O–H groups in total. The molecule has 0 aliphatic carbocycles. The monoisotopic (exact) mass is 485 g/mol. The first-order valence-corrected chi connectivity index (χ1v) is 11.4. The van der Waals surface area contributed by atoms with Gasteiger partial charge in [0.25, 0.3) is 0 Å². The van der Waals surface area contributed by atoms with Gasteiger partial charge in [-0.15, -0.1) is 0 Å². The maximum atomic E-state index is 12.0. The second kappa shape index (κ2) is 9.34. The van der Waals surface area contributed by atoms with Crippen LogP contribution in [0, 0.1) is 6.92 Å². The van der Waals surface area contributed by atoms with Crippen LogP contribution in [0.5, 0.6) is 11.5 Å². The molecule has 0 bridgehead atoms. The number of benzene rings is 2. The van der Waals surface area contributed by atoms with E-state index in [2.05, 4.69) is 46.5 Å². The smallest absolute Gasteiger partial charge is 0.507 e. The summed E-state index contributed by atoms with van der Waals surface area (Å²) in [4.78, 5) is 16.5. The van der Waals surface area contributed by atoms with Gasteiger partial charge in [0.15, 0.2) is 6.39 Å². The quantitative estimate of drug-likeness (QED) is 0.309. The highest BCUT2D eigenvalue weighted by atomic mass is 35.5. The number of methoxy groups -OCH3 is 1. The highest BCUT2D eigenvalue weighted by Crippen LogP contribution is 2.45. The lowest BCUT2D eigenvalue weighted by Gasteiger charge is -2.30. The highest BCUT2D eigenvalue weighted by molar-refractivity contribution is 6.30. The van der Waals surface area contributed by atoms with Crippen LogP contribution in [-0.2, 0) is 15.6 Å². The normalized spacial score (nSPS) is 13.0. The SMILES string of the molecule is COC(=O)Oc1cc(Cl)ccc1C(c1cc(C(C)(C)C)c(O)c(C(C)(C)C)c1)c1ncoc1C. The van der Waals surface area contributed by atoms with E-state index in [-0.39, 0.29) is 22.3 Å². The molecule has 6 nitrogen and oxygen atoms in total. The van der Waals surface area contributed by atoms with Gasteiger partial charge in [0.05, 0.1) is 18.7 Å². The average Bonchev–Trinajstić information content (AvgIpc) is 3.14. The number of rotatable bonds is 4. The molecule has 1 heterocycles. The minimum absolute atomic E-state index is 0.259. The Morgan fingerprint density at radius 2 is 1.65 bits per heavy atom. The topological polar surface area (TPSA) is 81.8 Å². The second-order valence-electron chi connectivity index (χ2n) is 10.4. The lowest BCUT2D eigenvalue weighted by Crippen LogP contribution is -2.19. The Morgan fingerprint density at radius 3 is 2.12 bits per heavy atom. The fourth-order valence-corrected chi connectivity index (χ4v) is 4.17. The molecule has 3 rings (SSSR count). The Balaban J connectivity index is 2.39. The van der Waals surface area contributed by atoms with Crippen molar-refractivity contribution in [2.45, 2.75) is 65.2 Å². The van der Waals surface area contributed by atoms with Gasteiger partial charge in [-0.25, -0.2) is 9.78 Å². The molecule has 0 amide bonds. The molecule has 1 atom stereocenters. The molecular weight excluding hydrogens is 454 g/mol. The number of aromatic hydroxyl groups is 1. The molecule has 0 radical (unpaired) electrons. The molecule has 1 aromatic heterocycles. The van der Waals surface area contributed by atoms with Crippen LogP contribution in [0.2, 0.25) is 5.02 Å². The highest BCUT2D eigenvalue weighted by Gasteiger charge is 2.32. The van der Waals surface area contributed by atoms with Crippen LogP contribution < -0.4 is 4.74 Å². The number of ether oxygens (including phenoxy) is 2. The maximum absolute atomic E-state index is 12.0. The van der Waals surface area contributed by atoms with E-state index >= 15 is 0 Å². The van der Waals surface area contributed by atoms with Gasteiger partial charge in [0.1, 0.15) is 17.3 Å². The van der Waals surface area contributed by atoms with E-state index in [1.165, 1.54) is 13.5 Å². The molecule has 0 saturated carbocycles. The number of hydrogen-bond acceptors (Lipinski definition) is 6. The van der Waals surface area contributed by atoms with Gasteiger partial charge in [0.2, 0.25) is 0 Å². The van der Waals surface area contributed by atoms with Crippen LogP contribution in [0.25, 0.3) is 0 Å². The molecule has 0 aliphatic heterocycles. The van der Waals surface area contributed by atoms with Crippen molar-refractivity contribution in [2.75, 3.05) is 7.11 Å². The number of nitrogens with zero attached hydrogens (tertiary/aromatic N) is 1. The van der Waals surface area contributed by atoms with Crippen molar-refractivity contribution < 1.29 is 23.8 Å². The summed E-state index contributed by atoms with van der Waals surface area (Å²) in [5, 5.41) is 11.6. The first-order valence-electron chi connectivity index (χ1n) is 11.1. The molecule has 0 spiro atoms. The van der Waals surface area contributed by atoms with Gasteiger partial charge in [-0.05, 0) is 46.6 Å². The van der Waals surface area contributed by atoms with Crippen LogP contribution >= 0.6 is 11.6 Å². The van der Waals surface area contributed by atoms with Crippen LogP contribution in [0.3, 0.4) is 0 Å². The van der Waals surface area contributed by atoms with E-state index in [0.29, 0.717) is 22.0 Å². The number of oxazole rings is 1. The van der Waals surface area contributed by atoms with E-state index in [4.69, 9.17) is 25.5 Å². The van der Waals surface area contributed by atoms with Gasteiger partial charge >= 0.3 is 6.16 Å². The number of aromatic nitrogens is 1. The third-order valence-corrected chi connectivity index (χ3v) is 6.02.